The molecular weight excluding hydrogens is 271 g/mol. The van der Waals surface area contributed by atoms with E-state index in [0.717, 1.165) is 12.1 Å². The van der Waals surface area contributed by atoms with Gasteiger partial charge >= 0.3 is 0 Å². The molecule has 0 spiro atoms. The predicted octanol–water partition coefficient (Wildman–Crippen LogP) is 1.21. The van der Waals surface area contributed by atoms with E-state index >= 15 is 0 Å². The Kier molecular flexibility index (Phi) is 3.80. The quantitative estimate of drug-likeness (QED) is 0.830. The molecule has 1 heterocycles. The van der Waals surface area contributed by atoms with Gasteiger partial charge in [0.2, 0.25) is 10.0 Å². The van der Waals surface area contributed by atoms with Gasteiger partial charge < -0.3 is 10.5 Å². The molecular formula is C12H17FN2O3S. The fourth-order valence-corrected chi connectivity index (χ4v) is 3.75. The van der Waals surface area contributed by atoms with Crippen LogP contribution in [0.1, 0.15) is 13.8 Å². The maximum atomic E-state index is 13.1. The Morgan fingerprint density at radius 1 is 1.42 bits per heavy atom. The Bertz CT molecular complexity index is 576. The van der Waals surface area contributed by atoms with Crippen LogP contribution in [0.15, 0.2) is 23.1 Å². The monoisotopic (exact) mass is 288 g/mol. The number of morpholine rings is 1. The van der Waals surface area contributed by atoms with Gasteiger partial charge in [0.1, 0.15) is 5.82 Å². The minimum Gasteiger partial charge on any atom is -0.396 e. The highest BCUT2D eigenvalue weighted by atomic mass is 32.2. The van der Waals surface area contributed by atoms with Crippen LogP contribution in [0.5, 0.6) is 0 Å². The van der Waals surface area contributed by atoms with Crippen molar-refractivity contribution < 1.29 is 17.5 Å². The summed E-state index contributed by atoms with van der Waals surface area (Å²) in [6.07, 6.45) is -0.163. The molecule has 0 amide bonds. The Balaban J connectivity index is 2.38. The molecule has 1 saturated heterocycles. The summed E-state index contributed by atoms with van der Waals surface area (Å²) in [5, 5.41) is 0. The Hall–Kier alpha value is -1.18. The molecule has 2 rings (SSSR count). The van der Waals surface area contributed by atoms with E-state index in [0.29, 0.717) is 6.61 Å². The van der Waals surface area contributed by atoms with E-state index in [2.05, 4.69) is 0 Å². The van der Waals surface area contributed by atoms with Crippen molar-refractivity contribution in [3.63, 3.8) is 0 Å². The zero-order chi connectivity index (χ0) is 14.2. The van der Waals surface area contributed by atoms with Gasteiger partial charge in [0.25, 0.3) is 0 Å². The molecule has 2 unspecified atom stereocenters. The van der Waals surface area contributed by atoms with Gasteiger partial charge in [-0.2, -0.15) is 4.31 Å². The first kappa shape index (κ1) is 14.2. The second-order valence-electron chi connectivity index (χ2n) is 4.75. The third kappa shape index (κ3) is 2.72. The summed E-state index contributed by atoms with van der Waals surface area (Å²) in [5.41, 5.74) is 5.25. The number of hydrogen-bond donors (Lipinski definition) is 1. The largest absolute Gasteiger partial charge is 0.396 e. The summed E-state index contributed by atoms with van der Waals surface area (Å²) >= 11 is 0. The van der Waals surface area contributed by atoms with Crippen LogP contribution in [-0.2, 0) is 14.8 Å². The normalized spacial score (nSPS) is 25.4. The number of halogens is 1. The molecule has 1 aromatic carbocycles. The fourth-order valence-electron chi connectivity index (χ4n) is 2.03. The van der Waals surface area contributed by atoms with Gasteiger partial charge in [-0.3, -0.25) is 0 Å². The SMILES string of the molecule is CC1CN(S(=O)(=O)c2ccc(F)c(N)c2)C(C)CO1. The number of nitrogen functional groups attached to an aromatic ring is 1. The van der Waals surface area contributed by atoms with Gasteiger partial charge in [0, 0.05) is 12.6 Å². The minimum absolute atomic E-state index is 0.00681. The van der Waals surface area contributed by atoms with E-state index in [1.807, 2.05) is 6.92 Å². The highest BCUT2D eigenvalue weighted by Crippen LogP contribution is 2.24. The maximum absolute atomic E-state index is 13.1. The first-order valence-corrected chi connectivity index (χ1v) is 7.45. The second-order valence-corrected chi connectivity index (χ2v) is 6.64. The molecule has 0 radical (unpaired) electrons. The predicted molar refractivity (Wildman–Crippen MR) is 69.6 cm³/mol. The van der Waals surface area contributed by atoms with Crippen molar-refractivity contribution in [1.29, 1.82) is 0 Å². The molecule has 1 aliphatic heterocycles. The lowest BCUT2D eigenvalue weighted by atomic mass is 10.2. The zero-order valence-electron chi connectivity index (χ0n) is 10.8. The Morgan fingerprint density at radius 3 is 2.74 bits per heavy atom. The van der Waals surface area contributed by atoms with Crippen LogP contribution < -0.4 is 5.73 Å². The summed E-state index contributed by atoms with van der Waals surface area (Å²) in [7, 11) is -3.68. The summed E-state index contributed by atoms with van der Waals surface area (Å²) in [6, 6.07) is 3.19. The lowest BCUT2D eigenvalue weighted by molar-refractivity contribution is -0.0170. The van der Waals surface area contributed by atoms with Crippen LogP contribution in [0, 0.1) is 5.82 Å². The van der Waals surface area contributed by atoms with Crippen molar-refractivity contribution >= 4 is 15.7 Å². The summed E-state index contributed by atoms with van der Waals surface area (Å²) in [5.74, 6) is -0.623. The minimum atomic E-state index is -3.68. The third-order valence-corrected chi connectivity index (χ3v) is 5.10. The fraction of sp³-hybridized carbons (Fsp3) is 0.500. The van der Waals surface area contributed by atoms with E-state index < -0.39 is 15.8 Å². The van der Waals surface area contributed by atoms with E-state index in [9.17, 15) is 12.8 Å². The molecule has 1 aliphatic rings. The van der Waals surface area contributed by atoms with Gasteiger partial charge in [0.05, 0.1) is 23.3 Å². The number of rotatable bonds is 2. The summed E-state index contributed by atoms with van der Waals surface area (Å²) < 4.78 is 44.9. The van der Waals surface area contributed by atoms with Crippen LogP contribution in [-0.4, -0.2) is 38.0 Å². The van der Waals surface area contributed by atoms with Crippen LogP contribution >= 0.6 is 0 Å². The van der Waals surface area contributed by atoms with Gasteiger partial charge in [0.15, 0.2) is 0 Å². The molecule has 19 heavy (non-hydrogen) atoms. The molecule has 0 aliphatic carbocycles. The third-order valence-electron chi connectivity index (χ3n) is 3.12. The average molecular weight is 288 g/mol. The molecule has 1 fully saturated rings. The van der Waals surface area contributed by atoms with Crippen LogP contribution in [0.25, 0.3) is 0 Å². The number of hydrogen-bond acceptors (Lipinski definition) is 4. The van der Waals surface area contributed by atoms with Gasteiger partial charge in [-0.05, 0) is 32.0 Å². The lowest BCUT2D eigenvalue weighted by Gasteiger charge is -2.35. The standard InChI is InChI=1S/C12H17FN2O3S/c1-8-7-18-9(2)6-15(8)19(16,17)10-3-4-11(13)12(14)5-10/h3-5,8-9H,6-7,14H2,1-2H3. The maximum Gasteiger partial charge on any atom is 0.243 e. The van der Waals surface area contributed by atoms with Crippen molar-refractivity contribution in [2.75, 3.05) is 18.9 Å². The van der Waals surface area contributed by atoms with Gasteiger partial charge in [-0.15, -0.1) is 0 Å². The molecule has 2 atom stereocenters. The van der Waals surface area contributed by atoms with E-state index in [1.165, 1.54) is 10.4 Å². The van der Waals surface area contributed by atoms with Crippen LogP contribution in [0.3, 0.4) is 0 Å². The highest BCUT2D eigenvalue weighted by molar-refractivity contribution is 7.89. The lowest BCUT2D eigenvalue weighted by Crippen LogP contribution is -2.50. The van der Waals surface area contributed by atoms with E-state index in [-0.39, 0.29) is 29.3 Å². The summed E-state index contributed by atoms with van der Waals surface area (Å²) in [6.45, 7) is 4.21. The van der Waals surface area contributed by atoms with E-state index in [4.69, 9.17) is 10.5 Å². The molecule has 0 aromatic heterocycles. The van der Waals surface area contributed by atoms with Gasteiger partial charge in [-0.25, -0.2) is 12.8 Å². The van der Waals surface area contributed by atoms with Crippen molar-refractivity contribution in [1.82, 2.24) is 4.31 Å². The van der Waals surface area contributed by atoms with Crippen LogP contribution in [0.4, 0.5) is 10.1 Å². The smallest absolute Gasteiger partial charge is 0.243 e. The van der Waals surface area contributed by atoms with Crippen molar-refractivity contribution in [2.45, 2.75) is 30.9 Å². The molecule has 5 nitrogen and oxygen atoms in total. The number of nitrogens with two attached hydrogens (primary N) is 1. The van der Waals surface area contributed by atoms with Crippen molar-refractivity contribution in [3.05, 3.63) is 24.0 Å². The number of sulfonamides is 1. The van der Waals surface area contributed by atoms with Gasteiger partial charge in [-0.1, -0.05) is 0 Å². The van der Waals surface area contributed by atoms with Crippen molar-refractivity contribution in [2.24, 2.45) is 0 Å². The molecule has 0 saturated carbocycles. The average Bonchev–Trinajstić information content (AvgIpc) is 2.35. The second kappa shape index (κ2) is 5.07. The number of ether oxygens (including phenoxy) is 1. The Morgan fingerprint density at radius 2 is 2.11 bits per heavy atom. The number of anilines is 1. The molecule has 2 N–H and O–H groups in total. The molecule has 0 bridgehead atoms. The zero-order valence-corrected chi connectivity index (χ0v) is 11.7. The first-order valence-electron chi connectivity index (χ1n) is 6.01. The molecule has 7 heteroatoms. The van der Waals surface area contributed by atoms with Crippen LogP contribution in [0.2, 0.25) is 0 Å². The topological polar surface area (TPSA) is 72.6 Å². The molecule has 106 valence electrons. The number of nitrogens with zero attached hydrogens (tertiary/aromatic N) is 1. The highest BCUT2D eigenvalue weighted by Gasteiger charge is 2.34. The number of benzene rings is 1. The first-order chi connectivity index (χ1) is 8.82. The van der Waals surface area contributed by atoms with Crippen molar-refractivity contribution in [3.8, 4) is 0 Å². The van der Waals surface area contributed by atoms with E-state index in [1.54, 1.807) is 6.92 Å². The Labute approximate surface area is 112 Å². The molecule has 1 aromatic rings. The summed E-state index contributed by atoms with van der Waals surface area (Å²) in [4.78, 5) is 0.00681.